The third-order valence-electron chi connectivity index (χ3n) is 4.64. The van der Waals surface area contributed by atoms with Gasteiger partial charge in [-0.15, -0.1) is 5.92 Å². The number of aliphatic hydroxyl groups excluding tert-OH is 1. The summed E-state index contributed by atoms with van der Waals surface area (Å²) in [6.45, 7) is 5.62. The van der Waals surface area contributed by atoms with Crippen LogP contribution < -0.4 is 0 Å². The van der Waals surface area contributed by atoms with E-state index in [-0.39, 0.29) is 23.9 Å². The Morgan fingerprint density at radius 2 is 1.96 bits per heavy atom. The molecule has 4 heteroatoms. The number of pyridine rings is 1. The van der Waals surface area contributed by atoms with Gasteiger partial charge in [-0.2, -0.15) is 0 Å². The van der Waals surface area contributed by atoms with Gasteiger partial charge in [-0.1, -0.05) is 5.92 Å². The molecule has 3 nitrogen and oxygen atoms in total. The van der Waals surface area contributed by atoms with Crippen molar-refractivity contribution in [1.29, 1.82) is 0 Å². The van der Waals surface area contributed by atoms with Crippen LogP contribution in [-0.4, -0.2) is 15.9 Å². The molecule has 0 saturated heterocycles. The first-order chi connectivity index (χ1) is 12.4. The van der Waals surface area contributed by atoms with Crippen LogP contribution in [0.2, 0.25) is 0 Å². The zero-order valence-electron chi connectivity index (χ0n) is 15.1. The standard InChI is InChI=1S/C22H20FNO2/c1-4-5-15-8-13(2)20(14(3)9-15)21-19(25)11-16(22(21)26)10-18-7-6-17(23)12-24-18/h6-9,12,16,25H,10-11H2,1-3H3. The van der Waals surface area contributed by atoms with Gasteiger partial charge in [-0.3, -0.25) is 9.78 Å². The Morgan fingerprint density at radius 3 is 2.54 bits per heavy atom. The Morgan fingerprint density at radius 1 is 1.27 bits per heavy atom. The zero-order chi connectivity index (χ0) is 18.8. The lowest BCUT2D eigenvalue weighted by molar-refractivity contribution is -0.116. The van der Waals surface area contributed by atoms with E-state index in [1.54, 1.807) is 13.0 Å². The van der Waals surface area contributed by atoms with Crippen LogP contribution >= 0.6 is 0 Å². The lowest BCUT2D eigenvalue weighted by Crippen LogP contribution is -2.14. The predicted molar refractivity (Wildman–Crippen MR) is 99.0 cm³/mol. The molecule has 0 bridgehead atoms. The number of nitrogens with zero attached hydrogens (tertiary/aromatic N) is 1. The molecule has 0 amide bonds. The van der Waals surface area contributed by atoms with Crippen molar-refractivity contribution >= 4 is 11.4 Å². The van der Waals surface area contributed by atoms with Gasteiger partial charge in [0.05, 0.1) is 11.8 Å². The summed E-state index contributed by atoms with van der Waals surface area (Å²) in [5, 5.41) is 10.5. The predicted octanol–water partition coefficient (Wildman–Crippen LogP) is 4.31. The van der Waals surface area contributed by atoms with Gasteiger partial charge in [-0.05, 0) is 61.7 Å². The number of carbonyl (C=O) groups excluding carboxylic acids is 1. The zero-order valence-corrected chi connectivity index (χ0v) is 15.1. The second kappa shape index (κ2) is 7.13. The maximum Gasteiger partial charge on any atom is 0.170 e. The Balaban J connectivity index is 1.91. The monoisotopic (exact) mass is 349 g/mol. The lowest BCUT2D eigenvalue weighted by atomic mass is 9.89. The molecule has 2 aromatic rings. The SMILES string of the molecule is CC#Cc1cc(C)c(C2=C(O)CC(Cc3ccc(F)cn3)C2=O)c(C)c1. The Labute approximate surface area is 152 Å². The number of hydrogen-bond donors (Lipinski definition) is 1. The summed E-state index contributed by atoms with van der Waals surface area (Å²) in [5.74, 6) is 5.13. The Hall–Kier alpha value is -2.93. The van der Waals surface area contributed by atoms with Crippen LogP contribution in [0.4, 0.5) is 4.39 Å². The highest BCUT2D eigenvalue weighted by Crippen LogP contribution is 2.38. The number of halogens is 1. The molecule has 1 N–H and O–H groups in total. The first-order valence-electron chi connectivity index (χ1n) is 8.51. The van der Waals surface area contributed by atoms with Crippen molar-refractivity contribution in [3.8, 4) is 11.8 Å². The van der Waals surface area contributed by atoms with Crippen molar-refractivity contribution in [2.24, 2.45) is 5.92 Å². The molecule has 0 spiro atoms. The second-order valence-corrected chi connectivity index (χ2v) is 6.62. The summed E-state index contributed by atoms with van der Waals surface area (Å²) >= 11 is 0. The summed E-state index contributed by atoms with van der Waals surface area (Å²) in [6.07, 6.45) is 1.80. The molecule has 3 rings (SSSR count). The molecule has 1 heterocycles. The number of ketones is 1. The van der Waals surface area contributed by atoms with Crippen molar-refractivity contribution in [1.82, 2.24) is 4.98 Å². The number of hydrogen-bond acceptors (Lipinski definition) is 3. The van der Waals surface area contributed by atoms with Gasteiger partial charge in [0.1, 0.15) is 11.6 Å². The normalized spacial score (nSPS) is 16.6. The molecule has 1 unspecified atom stereocenters. The van der Waals surface area contributed by atoms with Crippen LogP contribution in [0, 0.1) is 37.4 Å². The number of aryl methyl sites for hydroxylation is 2. The van der Waals surface area contributed by atoms with Gasteiger partial charge in [0.25, 0.3) is 0 Å². The van der Waals surface area contributed by atoms with E-state index in [4.69, 9.17) is 0 Å². The van der Waals surface area contributed by atoms with E-state index < -0.39 is 5.82 Å². The molecule has 26 heavy (non-hydrogen) atoms. The average molecular weight is 349 g/mol. The Bertz CT molecular complexity index is 939. The van der Waals surface area contributed by atoms with Gasteiger partial charge in [0.15, 0.2) is 5.78 Å². The fourth-order valence-electron chi connectivity index (χ4n) is 3.56. The largest absolute Gasteiger partial charge is 0.512 e. The third kappa shape index (κ3) is 3.39. The van der Waals surface area contributed by atoms with E-state index in [0.29, 0.717) is 17.7 Å². The molecule has 132 valence electrons. The number of allylic oxidation sites excluding steroid dienone is 2. The summed E-state index contributed by atoms with van der Waals surface area (Å²) in [6, 6.07) is 6.77. The van der Waals surface area contributed by atoms with E-state index in [9.17, 15) is 14.3 Å². The molecule has 1 aliphatic carbocycles. The van der Waals surface area contributed by atoms with E-state index in [1.165, 1.54) is 6.07 Å². The van der Waals surface area contributed by atoms with Crippen LogP contribution in [0.5, 0.6) is 0 Å². The molecule has 0 fully saturated rings. The van der Waals surface area contributed by atoms with Crippen LogP contribution in [0.25, 0.3) is 5.57 Å². The average Bonchev–Trinajstić information content (AvgIpc) is 2.84. The van der Waals surface area contributed by atoms with Gasteiger partial charge < -0.3 is 5.11 Å². The molecule has 0 saturated carbocycles. The highest BCUT2D eigenvalue weighted by molar-refractivity contribution is 6.25. The van der Waals surface area contributed by atoms with E-state index >= 15 is 0 Å². The number of benzene rings is 1. The minimum absolute atomic E-state index is 0.0887. The first kappa shape index (κ1) is 17.9. The summed E-state index contributed by atoms with van der Waals surface area (Å²) < 4.78 is 13.0. The van der Waals surface area contributed by atoms with Crippen LogP contribution in [0.15, 0.2) is 36.2 Å². The van der Waals surface area contributed by atoms with Crippen LogP contribution in [0.3, 0.4) is 0 Å². The lowest BCUT2D eigenvalue weighted by Gasteiger charge is -2.13. The fraction of sp³-hybridized carbons (Fsp3) is 0.273. The van der Waals surface area contributed by atoms with Crippen LogP contribution in [-0.2, 0) is 11.2 Å². The number of Topliss-reactive ketones (excluding diaryl/α,β-unsaturated/α-hetero) is 1. The third-order valence-corrected chi connectivity index (χ3v) is 4.64. The van der Waals surface area contributed by atoms with Gasteiger partial charge in [0, 0.05) is 30.0 Å². The fourth-order valence-corrected chi connectivity index (χ4v) is 3.56. The first-order valence-corrected chi connectivity index (χ1v) is 8.51. The molecule has 1 aromatic carbocycles. The van der Waals surface area contributed by atoms with Crippen molar-refractivity contribution < 1.29 is 14.3 Å². The van der Waals surface area contributed by atoms with Gasteiger partial charge >= 0.3 is 0 Å². The van der Waals surface area contributed by atoms with Crippen molar-refractivity contribution in [3.05, 3.63) is 70.0 Å². The number of aliphatic hydroxyl groups is 1. The Kier molecular flexibility index (Phi) is 4.90. The van der Waals surface area contributed by atoms with E-state index in [0.717, 1.165) is 28.5 Å². The minimum atomic E-state index is -0.408. The number of carbonyl (C=O) groups is 1. The minimum Gasteiger partial charge on any atom is -0.512 e. The number of rotatable bonds is 3. The van der Waals surface area contributed by atoms with Crippen LogP contribution in [0.1, 0.15) is 41.3 Å². The quantitative estimate of drug-likeness (QED) is 0.840. The van der Waals surface area contributed by atoms with Crippen molar-refractivity contribution in [2.75, 3.05) is 0 Å². The molecule has 1 atom stereocenters. The molecule has 0 radical (unpaired) electrons. The van der Waals surface area contributed by atoms with Crippen molar-refractivity contribution in [2.45, 2.75) is 33.6 Å². The summed E-state index contributed by atoms with van der Waals surface area (Å²) in [4.78, 5) is 17.0. The highest BCUT2D eigenvalue weighted by Gasteiger charge is 2.35. The molecular formula is C22H20FNO2. The van der Waals surface area contributed by atoms with Gasteiger partial charge in [-0.25, -0.2) is 4.39 Å². The highest BCUT2D eigenvalue weighted by atomic mass is 19.1. The molecule has 1 aromatic heterocycles. The maximum absolute atomic E-state index is 13.0. The molecule has 0 aliphatic heterocycles. The smallest absolute Gasteiger partial charge is 0.170 e. The van der Waals surface area contributed by atoms with E-state index in [2.05, 4.69) is 16.8 Å². The summed E-state index contributed by atoms with van der Waals surface area (Å²) in [7, 11) is 0. The summed E-state index contributed by atoms with van der Waals surface area (Å²) in [5.41, 5.74) is 4.54. The molecule has 1 aliphatic rings. The maximum atomic E-state index is 13.0. The van der Waals surface area contributed by atoms with E-state index in [1.807, 2.05) is 26.0 Å². The van der Waals surface area contributed by atoms with Crippen molar-refractivity contribution in [3.63, 3.8) is 0 Å². The number of aromatic nitrogens is 1. The topological polar surface area (TPSA) is 50.2 Å². The van der Waals surface area contributed by atoms with Gasteiger partial charge in [0.2, 0.25) is 0 Å². The molecular weight excluding hydrogens is 329 g/mol. The second-order valence-electron chi connectivity index (χ2n) is 6.62.